The minimum Gasteiger partial charge on any atom is -0.427 e. The number of hydrogen-bond donors (Lipinski definition) is 1. The van der Waals surface area contributed by atoms with E-state index in [0.717, 1.165) is 54.0 Å². The van der Waals surface area contributed by atoms with Crippen LogP contribution in [0.25, 0.3) is 5.57 Å². The third-order valence-electron chi connectivity index (χ3n) is 7.97. The van der Waals surface area contributed by atoms with E-state index in [-0.39, 0.29) is 23.3 Å². The minimum absolute atomic E-state index is 0.0420. The molecule has 2 heterocycles. The van der Waals surface area contributed by atoms with Gasteiger partial charge in [-0.1, -0.05) is 18.7 Å². The van der Waals surface area contributed by atoms with Crippen molar-refractivity contribution in [1.82, 2.24) is 10.2 Å². The van der Waals surface area contributed by atoms with Crippen molar-refractivity contribution in [2.24, 2.45) is 11.8 Å². The molecule has 35 heavy (non-hydrogen) atoms. The molecule has 1 aliphatic heterocycles. The zero-order chi connectivity index (χ0) is 24.6. The van der Waals surface area contributed by atoms with Gasteiger partial charge in [0.2, 0.25) is 0 Å². The summed E-state index contributed by atoms with van der Waals surface area (Å²) >= 11 is 4.99. The number of hydrogen-bond acceptors (Lipinski definition) is 5. The van der Waals surface area contributed by atoms with Crippen LogP contribution in [0.1, 0.15) is 55.9 Å². The number of carbonyl (C=O) groups excluding carboxylic acids is 2. The highest BCUT2D eigenvalue weighted by Gasteiger charge is 2.49. The number of benzene rings is 1. The smallest absolute Gasteiger partial charge is 0.308 e. The van der Waals surface area contributed by atoms with Crippen LogP contribution in [0.5, 0.6) is 5.75 Å². The van der Waals surface area contributed by atoms with E-state index < -0.39 is 0 Å². The van der Waals surface area contributed by atoms with E-state index in [2.05, 4.69) is 44.9 Å². The highest BCUT2D eigenvalue weighted by Crippen LogP contribution is 2.50. The van der Waals surface area contributed by atoms with Gasteiger partial charge in [0, 0.05) is 51.8 Å². The van der Waals surface area contributed by atoms with Crippen LogP contribution in [0.3, 0.4) is 0 Å². The van der Waals surface area contributed by atoms with Crippen LogP contribution < -0.4 is 10.1 Å². The van der Waals surface area contributed by atoms with Crippen LogP contribution in [0.15, 0.2) is 46.8 Å². The number of esters is 1. The van der Waals surface area contributed by atoms with Gasteiger partial charge in [-0.25, -0.2) is 0 Å². The van der Waals surface area contributed by atoms with Crippen molar-refractivity contribution in [3.8, 4) is 5.75 Å². The number of nitrogens with zero attached hydrogens (tertiary/aromatic N) is 1. The maximum Gasteiger partial charge on any atom is 0.308 e. The van der Waals surface area contributed by atoms with Crippen molar-refractivity contribution in [3.05, 3.63) is 57.2 Å². The normalized spacial score (nSPS) is 26.6. The largest absolute Gasteiger partial charge is 0.427 e. The maximum absolute atomic E-state index is 13.1. The number of likely N-dealkylation sites (tertiary alicyclic amines) is 1. The van der Waals surface area contributed by atoms with E-state index in [1.54, 1.807) is 0 Å². The molecule has 3 fully saturated rings. The number of fused-ring (bicyclic) bond motifs is 1. The highest BCUT2D eigenvalue weighted by molar-refractivity contribution is 9.10. The van der Waals surface area contributed by atoms with Gasteiger partial charge in [0.1, 0.15) is 5.75 Å². The van der Waals surface area contributed by atoms with Crippen molar-refractivity contribution in [2.75, 3.05) is 19.6 Å². The number of ether oxygens (including phenoxy) is 1. The summed E-state index contributed by atoms with van der Waals surface area (Å²) in [6, 6.07) is 10.1. The van der Waals surface area contributed by atoms with Gasteiger partial charge in [-0.15, -0.1) is 11.3 Å². The Bertz CT molecular complexity index is 1130. The zero-order valence-corrected chi connectivity index (χ0v) is 22.6. The molecule has 1 saturated heterocycles. The molecule has 5 rings (SSSR count). The lowest BCUT2D eigenvalue weighted by molar-refractivity contribution is -0.131. The molecule has 1 aromatic heterocycles. The fourth-order valence-corrected chi connectivity index (χ4v) is 7.46. The quantitative estimate of drug-likeness (QED) is 0.266. The van der Waals surface area contributed by atoms with Crippen LogP contribution >= 0.6 is 27.3 Å². The van der Waals surface area contributed by atoms with Gasteiger partial charge in [0.05, 0.1) is 0 Å². The number of carbonyl (C=O) groups is 2. The summed E-state index contributed by atoms with van der Waals surface area (Å²) in [5, 5.41) is 5.28. The third kappa shape index (κ3) is 5.57. The topological polar surface area (TPSA) is 58.6 Å². The van der Waals surface area contributed by atoms with E-state index in [4.69, 9.17) is 4.74 Å². The Balaban J connectivity index is 1.37. The summed E-state index contributed by atoms with van der Waals surface area (Å²) in [6.07, 6.45) is 6.73. The Morgan fingerprint density at radius 3 is 2.80 bits per heavy atom. The number of thiophene rings is 1. The summed E-state index contributed by atoms with van der Waals surface area (Å²) < 4.78 is 6.41. The van der Waals surface area contributed by atoms with Crippen molar-refractivity contribution in [2.45, 2.75) is 56.9 Å². The molecule has 1 aromatic carbocycles. The molecule has 7 heteroatoms. The molecule has 2 aliphatic carbocycles. The van der Waals surface area contributed by atoms with Gasteiger partial charge < -0.3 is 15.0 Å². The molecular weight excluding hydrogens is 524 g/mol. The Hall–Kier alpha value is -1.96. The summed E-state index contributed by atoms with van der Waals surface area (Å²) in [5.74, 6) is 1.62. The molecule has 0 spiro atoms. The Morgan fingerprint density at radius 1 is 1.26 bits per heavy atom. The fraction of sp³-hybridized carbons (Fsp3) is 0.500. The lowest BCUT2D eigenvalue weighted by Gasteiger charge is -2.53. The lowest BCUT2D eigenvalue weighted by atomic mass is 9.58. The number of nitrogens with one attached hydrogen (secondary N) is 1. The van der Waals surface area contributed by atoms with E-state index in [1.807, 2.05) is 23.6 Å². The molecule has 0 bridgehead atoms. The third-order valence-corrected chi connectivity index (χ3v) is 9.72. The van der Waals surface area contributed by atoms with Gasteiger partial charge in [0.25, 0.3) is 5.91 Å². The number of halogens is 1. The van der Waals surface area contributed by atoms with Gasteiger partial charge in [0.15, 0.2) is 0 Å². The molecule has 0 radical (unpaired) electrons. The van der Waals surface area contributed by atoms with Crippen LogP contribution in [0.2, 0.25) is 0 Å². The molecule has 2 aromatic rings. The Labute approximate surface area is 220 Å². The number of amides is 1. The molecular formula is C28H33BrN2O3S. The summed E-state index contributed by atoms with van der Waals surface area (Å²) in [7, 11) is 0. The average molecular weight is 558 g/mol. The van der Waals surface area contributed by atoms with Gasteiger partial charge in [-0.3, -0.25) is 9.59 Å². The van der Waals surface area contributed by atoms with E-state index in [0.29, 0.717) is 17.2 Å². The molecule has 2 saturated carbocycles. The molecule has 1 amide bonds. The van der Waals surface area contributed by atoms with Crippen molar-refractivity contribution >= 4 is 44.7 Å². The first-order valence-corrected chi connectivity index (χ1v) is 14.2. The van der Waals surface area contributed by atoms with Gasteiger partial charge >= 0.3 is 5.97 Å². The number of rotatable bonds is 7. The van der Waals surface area contributed by atoms with Gasteiger partial charge in [-0.2, -0.15) is 0 Å². The first-order valence-electron chi connectivity index (χ1n) is 12.6. The molecule has 5 nitrogen and oxygen atoms in total. The molecule has 3 unspecified atom stereocenters. The summed E-state index contributed by atoms with van der Waals surface area (Å²) in [4.78, 5) is 28.2. The average Bonchev–Trinajstić information content (AvgIpc) is 3.54. The summed E-state index contributed by atoms with van der Waals surface area (Å²) in [5.41, 5.74) is 1.71. The molecule has 3 atom stereocenters. The van der Waals surface area contributed by atoms with Crippen molar-refractivity contribution in [1.29, 1.82) is 0 Å². The van der Waals surface area contributed by atoms with Crippen LogP contribution in [0, 0.1) is 11.8 Å². The Morgan fingerprint density at radius 2 is 2.09 bits per heavy atom. The van der Waals surface area contributed by atoms with Crippen LogP contribution in [-0.2, 0) is 15.0 Å². The lowest BCUT2D eigenvalue weighted by Crippen LogP contribution is -2.56. The SMILES string of the molecule is C=C(C(=O)NC1CCC2CN(CC3CC3)CCC2(c2cccc(OC(C)=O)c2)C1)c1cc(Br)cs1. The van der Waals surface area contributed by atoms with Crippen molar-refractivity contribution < 1.29 is 14.3 Å². The fourth-order valence-electron chi connectivity index (χ4n) is 6.06. The zero-order valence-electron chi connectivity index (χ0n) is 20.2. The monoisotopic (exact) mass is 556 g/mol. The maximum atomic E-state index is 13.1. The second-order valence-electron chi connectivity index (χ2n) is 10.5. The number of piperidine rings is 1. The van der Waals surface area contributed by atoms with Gasteiger partial charge in [-0.05, 0) is 96.6 Å². The van der Waals surface area contributed by atoms with Crippen LogP contribution in [-0.4, -0.2) is 42.5 Å². The predicted octanol–water partition coefficient (Wildman–Crippen LogP) is 5.79. The summed E-state index contributed by atoms with van der Waals surface area (Å²) in [6.45, 7) is 8.90. The molecule has 3 aliphatic rings. The predicted molar refractivity (Wildman–Crippen MR) is 144 cm³/mol. The van der Waals surface area contributed by atoms with E-state index in [9.17, 15) is 9.59 Å². The second-order valence-corrected chi connectivity index (χ2v) is 12.3. The standard InChI is InChI=1S/C28H33BrN2O3S/c1-18(26-13-23(29)17-35-26)27(33)30-24-9-8-22-16-31(15-20-6-7-20)11-10-28(22,14-24)21-4-3-5-25(12-21)34-19(2)32/h3-5,12-13,17,20,22,24H,1,6-11,14-16H2,2H3,(H,30,33). The van der Waals surface area contributed by atoms with E-state index >= 15 is 0 Å². The highest BCUT2D eigenvalue weighted by atomic mass is 79.9. The minimum atomic E-state index is -0.303. The first kappa shape index (κ1) is 24.7. The molecule has 186 valence electrons. The Kier molecular flexibility index (Phi) is 7.20. The van der Waals surface area contributed by atoms with Crippen molar-refractivity contribution in [3.63, 3.8) is 0 Å². The molecule has 1 N–H and O–H groups in total. The van der Waals surface area contributed by atoms with Crippen LogP contribution in [0.4, 0.5) is 0 Å². The second kappa shape index (κ2) is 10.2. The van der Waals surface area contributed by atoms with E-state index in [1.165, 1.54) is 43.2 Å². The first-order chi connectivity index (χ1) is 16.8.